The second-order valence-electron chi connectivity index (χ2n) is 6.06. The van der Waals surface area contributed by atoms with Crippen LogP contribution >= 0.6 is 0 Å². The molecular formula is C18H22N2O5. The molecule has 25 heavy (non-hydrogen) atoms. The van der Waals surface area contributed by atoms with Crippen molar-refractivity contribution in [2.45, 2.75) is 31.5 Å². The fourth-order valence-corrected chi connectivity index (χ4v) is 2.82. The second-order valence-corrected chi connectivity index (χ2v) is 6.06. The molecule has 3 rings (SSSR count). The average Bonchev–Trinajstić information content (AvgIpc) is 2.98. The summed E-state index contributed by atoms with van der Waals surface area (Å²) in [5.41, 5.74) is 2.26. The highest BCUT2D eigenvalue weighted by molar-refractivity contribution is 5.80. The van der Waals surface area contributed by atoms with E-state index in [4.69, 9.17) is 9.47 Å². The third kappa shape index (κ3) is 4.08. The number of carbonyl (C=O) groups excluding carboxylic acids is 1. The van der Waals surface area contributed by atoms with Crippen LogP contribution in [-0.2, 0) is 16.1 Å². The predicted octanol–water partition coefficient (Wildman–Crippen LogP) is 1.09. The lowest BCUT2D eigenvalue weighted by Crippen LogP contribution is -2.46. The Kier molecular flexibility index (Phi) is 5.50. The van der Waals surface area contributed by atoms with Crippen LogP contribution in [0.15, 0.2) is 54.4 Å². The standard InChI is InChI=1S/C18H22N2O5/c1-12-14(11-24-10-13-5-3-2-4-6-13)8-20(18(23)19-12)17-7-15(22)16(9-21)25-17/h2-6,8,15-17,21-22H,1,7,9-11H2,(H,19,23)/t15?,16-,17-/m1/s1. The molecule has 2 heterocycles. The van der Waals surface area contributed by atoms with Crippen LogP contribution in [0.5, 0.6) is 0 Å². The summed E-state index contributed by atoms with van der Waals surface area (Å²) in [6, 6.07) is 9.40. The van der Waals surface area contributed by atoms with E-state index in [-0.39, 0.29) is 25.7 Å². The molecule has 0 aliphatic carbocycles. The minimum Gasteiger partial charge on any atom is -0.394 e. The summed E-state index contributed by atoms with van der Waals surface area (Å²) in [4.78, 5) is 13.5. The number of nitrogens with one attached hydrogen (secondary N) is 1. The molecule has 3 atom stereocenters. The quantitative estimate of drug-likeness (QED) is 0.717. The molecule has 0 aromatic heterocycles. The Hall–Kier alpha value is -2.19. The Morgan fingerprint density at radius 3 is 2.76 bits per heavy atom. The Bertz CT molecular complexity index is 661. The molecule has 1 aromatic carbocycles. The van der Waals surface area contributed by atoms with Crippen molar-refractivity contribution in [3.63, 3.8) is 0 Å². The van der Waals surface area contributed by atoms with Gasteiger partial charge in [0.05, 0.1) is 25.9 Å². The Labute approximate surface area is 146 Å². The first-order chi connectivity index (χ1) is 12.1. The van der Waals surface area contributed by atoms with Crippen molar-refractivity contribution in [2.24, 2.45) is 0 Å². The Morgan fingerprint density at radius 1 is 1.32 bits per heavy atom. The van der Waals surface area contributed by atoms with E-state index in [2.05, 4.69) is 11.9 Å². The van der Waals surface area contributed by atoms with Crippen LogP contribution < -0.4 is 5.32 Å². The zero-order valence-electron chi connectivity index (χ0n) is 13.8. The molecule has 134 valence electrons. The van der Waals surface area contributed by atoms with Gasteiger partial charge in [-0.3, -0.25) is 4.90 Å². The van der Waals surface area contributed by atoms with Crippen LogP contribution in [0.4, 0.5) is 4.79 Å². The van der Waals surface area contributed by atoms with E-state index in [1.54, 1.807) is 6.20 Å². The van der Waals surface area contributed by atoms with Crippen molar-refractivity contribution >= 4 is 6.03 Å². The molecule has 1 saturated heterocycles. The maximum atomic E-state index is 12.2. The third-order valence-electron chi connectivity index (χ3n) is 4.24. The Balaban J connectivity index is 1.64. The summed E-state index contributed by atoms with van der Waals surface area (Å²) in [6.45, 7) is 4.28. The maximum absolute atomic E-state index is 12.2. The number of amides is 2. The predicted molar refractivity (Wildman–Crippen MR) is 90.1 cm³/mol. The zero-order valence-corrected chi connectivity index (χ0v) is 13.8. The number of hydrogen-bond acceptors (Lipinski definition) is 5. The van der Waals surface area contributed by atoms with Crippen LogP contribution in [0.1, 0.15) is 12.0 Å². The number of urea groups is 1. The van der Waals surface area contributed by atoms with Crippen LogP contribution in [0.25, 0.3) is 0 Å². The van der Waals surface area contributed by atoms with Crippen molar-refractivity contribution < 1.29 is 24.5 Å². The zero-order chi connectivity index (χ0) is 17.8. The first kappa shape index (κ1) is 17.6. The molecule has 2 aliphatic rings. The third-order valence-corrected chi connectivity index (χ3v) is 4.24. The molecule has 2 aliphatic heterocycles. The topological polar surface area (TPSA) is 91.3 Å². The molecule has 7 nitrogen and oxygen atoms in total. The van der Waals surface area contributed by atoms with Gasteiger partial charge >= 0.3 is 6.03 Å². The number of aliphatic hydroxyl groups is 2. The first-order valence-electron chi connectivity index (χ1n) is 8.14. The molecule has 0 radical (unpaired) electrons. The highest BCUT2D eigenvalue weighted by Gasteiger charge is 2.39. The summed E-state index contributed by atoms with van der Waals surface area (Å²) in [6.07, 6.45) is -0.263. The Morgan fingerprint density at radius 2 is 2.08 bits per heavy atom. The van der Waals surface area contributed by atoms with Crippen molar-refractivity contribution in [1.82, 2.24) is 10.2 Å². The normalized spacial score (nSPS) is 26.6. The van der Waals surface area contributed by atoms with Crippen molar-refractivity contribution in [3.05, 3.63) is 59.9 Å². The van der Waals surface area contributed by atoms with Gasteiger partial charge in [-0.2, -0.15) is 0 Å². The van der Waals surface area contributed by atoms with Crippen LogP contribution in [0, 0.1) is 0 Å². The van der Waals surface area contributed by atoms with Gasteiger partial charge in [0.1, 0.15) is 12.3 Å². The number of benzene rings is 1. The van der Waals surface area contributed by atoms with E-state index < -0.39 is 18.4 Å². The van der Waals surface area contributed by atoms with Gasteiger partial charge in [-0.1, -0.05) is 36.9 Å². The smallest absolute Gasteiger partial charge is 0.327 e. The lowest BCUT2D eigenvalue weighted by molar-refractivity contribution is -0.0539. The van der Waals surface area contributed by atoms with Gasteiger partial charge in [-0.25, -0.2) is 4.79 Å². The number of aliphatic hydroxyl groups excluding tert-OH is 2. The molecule has 0 bridgehead atoms. The molecule has 7 heteroatoms. The van der Waals surface area contributed by atoms with E-state index in [1.165, 1.54) is 4.90 Å². The summed E-state index contributed by atoms with van der Waals surface area (Å²) < 4.78 is 11.2. The lowest BCUT2D eigenvalue weighted by atomic mass is 10.1. The van der Waals surface area contributed by atoms with Crippen LogP contribution in [0.3, 0.4) is 0 Å². The minimum atomic E-state index is -0.806. The SMILES string of the molecule is C=C1NC(=O)N([C@H]2CC(O)[C@@H](CO)O2)C=C1COCc1ccccc1. The van der Waals surface area contributed by atoms with Gasteiger partial charge in [-0.15, -0.1) is 0 Å². The van der Waals surface area contributed by atoms with Crippen LogP contribution in [0.2, 0.25) is 0 Å². The lowest BCUT2D eigenvalue weighted by Gasteiger charge is -2.31. The summed E-state index contributed by atoms with van der Waals surface area (Å²) in [7, 11) is 0. The summed E-state index contributed by atoms with van der Waals surface area (Å²) in [5.74, 6) is 0. The molecular weight excluding hydrogens is 324 g/mol. The number of nitrogens with zero attached hydrogens (tertiary/aromatic N) is 1. The van der Waals surface area contributed by atoms with Gasteiger partial charge in [-0.05, 0) is 5.56 Å². The number of ether oxygens (including phenoxy) is 2. The second kappa shape index (κ2) is 7.79. The molecule has 0 saturated carbocycles. The van der Waals surface area contributed by atoms with Crippen LogP contribution in [-0.4, -0.2) is 52.8 Å². The monoisotopic (exact) mass is 346 g/mol. The molecule has 0 spiro atoms. The van der Waals surface area contributed by atoms with Gasteiger partial charge in [0.2, 0.25) is 0 Å². The van der Waals surface area contributed by atoms with E-state index in [1.807, 2.05) is 30.3 Å². The van der Waals surface area contributed by atoms with E-state index in [0.717, 1.165) is 11.1 Å². The fraction of sp³-hybridized carbons (Fsp3) is 0.389. The largest absolute Gasteiger partial charge is 0.394 e. The molecule has 1 aromatic rings. The highest BCUT2D eigenvalue weighted by atomic mass is 16.5. The van der Waals surface area contributed by atoms with Crippen molar-refractivity contribution in [2.75, 3.05) is 13.2 Å². The van der Waals surface area contributed by atoms with Gasteiger partial charge in [0.15, 0.2) is 0 Å². The molecule has 1 unspecified atom stereocenters. The molecule has 2 amide bonds. The van der Waals surface area contributed by atoms with Gasteiger partial charge < -0.3 is 25.0 Å². The average molecular weight is 346 g/mol. The van der Waals surface area contributed by atoms with E-state index in [9.17, 15) is 15.0 Å². The van der Waals surface area contributed by atoms with Crippen molar-refractivity contribution in [1.29, 1.82) is 0 Å². The minimum absolute atomic E-state index is 0.236. The molecule has 3 N–H and O–H groups in total. The molecule has 1 fully saturated rings. The summed E-state index contributed by atoms with van der Waals surface area (Å²) >= 11 is 0. The van der Waals surface area contributed by atoms with Crippen molar-refractivity contribution in [3.8, 4) is 0 Å². The summed E-state index contributed by atoms with van der Waals surface area (Å²) in [5, 5.41) is 21.7. The van der Waals surface area contributed by atoms with E-state index in [0.29, 0.717) is 12.3 Å². The number of hydrogen-bond donors (Lipinski definition) is 3. The fourth-order valence-electron chi connectivity index (χ4n) is 2.82. The van der Waals surface area contributed by atoms with E-state index >= 15 is 0 Å². The van der Waals surface area contributed by atoms with Gasteiger partial charge in [0, 0.05) is 23.9 Å². The number of carbonyl (C=O) groups is 1. The van der Waals surface area contributed by atoms with Gasteiger partial charge in [0.25, 0.3) is 0 Å². The maximum Gasteiger partial charge on any atom is 0.327 e. The highest BCUT2D eigenvalue weighted by Crippen LogP contribution is 2.26. The number of rotatable bonds is 6. The first-order valence-corrected chi connectivity index (χ1v) is 8.14.